The molecule has 1 aromatic heterocycles. The van der Waals surface area contributed by atoms with Gasteiger partial charge in [-0.2, -0.15) is 5.10 Å². The summed E-state index contributed by atoms with van der Waals surface area (Å²) in [6.45, 7) is 1.77. The van der Waals surface area contributed by atoms with E-state index in [4.69, 9.17) is 5.84 Å². The molecule has 4 N–H and O–H groups in total. The molecular formula is C18H17FIN7OS. The Morgan fingerprint density at radius 2 is 1.90 bits per heavy atom. The number of aromatic nitrogens is 3. The first kappa shape index (κ1) is 21.0. The van der Waals surface area contributed by atoms with Crippen LogP contribution in [0.3, 0.4) is 0 Å². The molecule has 0 saturated carbocycles. The number of nitrogens with one attached hydrogen (secondary N) is 2. The van der Waals surface area contributed by atoms with Crippen LogP contribution in [0, 0.1) is 9.39 Å². The molecule has 0 aliphatic rings. The average molecular weight is 525 g/mol. The number of thioether (sulfide) groups is 1. The Bertz CT molecular complexity index is 1020. The first-order chi connectivity index (χ1) is 13.9. The van der Waals surface area contributed by atoms with Crippen molar-refractivity contribution in [2.45, 2.75) is 12.1 Å². The van der Waals surface area contributed by atoms with E-state index in [1.165, 1.54) is 16.8 Å². The van der Waals surface area contributed by atoms with Gasteiger partial charge in [0.25, 0.3) is 5.95 Å². The fourth-order valence-corrected chi connectivity index (χ4v) is 3.22. The van der Waals surface area contributed by atoms with Crippen LogP contribution in [-0.4, -0.2) is 32.2 Å². The zero-order valence-corrected chi connectivity index (χ0v) is 18.2. The molecule has 1 amide bonds. The van der Waals surface area contributed by atoms with E-state index >= 15 is 0 Å². The molecule has 3 aromatic rings. The molecule has 3 rings (SSSR count). The van der Waals surface area contributed by atoms with Gasteiger partial charge in [-0.05, 0) is 71.5 Å². The van der Waals surface area contributed by atoms with Gasteiger partial charge in [-0.3, -0.25) is 4.79 Å². The Morgan fingerprint density at radius 3 is 2.59 bits per heavy atom. The van der Waals surface area contributed by atoms with Gasteiger partial charge in [0.15, 0.2) is 0 Å². The highest BCUT2D eigenvalue weighted by atomic mass is 127. The first-order valence-electron chi connectivity index (χ1n) is 8.37. The third kappa shape index (κ3) is 5.90. The molecule has 29 heavy (non-hydrogen) atoms. The van der Waals surface area contributed by atoms with Gasteiger partial charge < -0.3 is 11.2 Å². The molecule has 2 aromatic carbocycles. The number of hydrogen-bond donors (Lipinski definition) is 3. The highest BCUT2D eigenvalue weighted by Crippen LogP contribution is 2.18. The third-order valence-corrected chi connectivity index (χ3v) is 5.37. The van der Waals surface area contributed by atoms with Crippen LogP contribution < -0.4 is 16.6 Å². The van der Waals surface area contributed by atoms with E-state index in [1.807, 2.05) is 24.3 Å². The number of hydrazone groups is 1. The minimum atomic E-state index is -0.316. The molecule has 0 fully saturated rings. The number of nitrogens with two attached hydrogens (primary N) is 1. The monoisotopic (exact) mass is 525 g/mol. The van der Waals surface area contributed by atoms with Crippen LogP contribution >= 0.6 is 34.4 Å². The molecule has 0 aliphatic carbocycles. The fraction of sp³-hybridized carbons (Fsp3) is 0.111. The molecule has 8 nitrogen and oxygen atoms in total. The van der Waals surface area contributed by atoms with Crippen LogP contribution in [0.15, 0.2) is 58.8 Å². The molecular weight excluding hydrogens is 508 g/mol. The maximum absolute atomic E-state index is 13.0. The third-order valence-electron chi connectivity index (χ3n) is 3.71. The van der Waals surface area contributed by atoms with Crippen LogP contribution in [-0.2, 0) is 4.79 Å². The Kier molecular flexibility index (Phi) is 7.04. The van der Waals surface area contributed by atoms with Crippen molar-refractivity contribution in [3.05, 3.63) is 63.5 Å². The smallest absolute Gasteiger partial charge is 0.264 e. The van der Waals surface area contributed by atoms with E-state index < -0.39 is 0 Å². The number of carbonyl (C=O) groups excluding carboxylic acids is 1. The summed E-state index contributed by atoms with van der Waals surface area (Å²) in [5.74, 6) is 5.80. The van der Waals surface area contributed by atoms with Crippen molar-refractivity contribution >= 4 is 57.6 Å². The predicted molar refractivity (Wildman–Crippen MR) is 121 cm³/mol. The molecule has 0 unspecified atom stereocenters. The number of rotatable bonds is 7. The number of halogens is 2. The molecule has 0 bridgehead atoms. The summed E-state index contributed by atoms with van der Waals surface area (Å²) < 4.78 is 15.3. The summed E-state index contributed by atoms with van der Waals surface area (Å²) in [7, 11) is 0. The van der Waals surface area contributed by atoms with E-state index in [1.54, 1.807) is 19.1 Å². The van der Waals surface area contributed by atoms with Crippen LogP contribution in [0.1, 0.15) is 12.5 Å². The largest absolute Gasteiger partial charge is 0.334 e. The molecule has 150 valence electrons. The van der Waals surface area contributed by atoms with E-state index in [-0.39, 0.29) is 23.4 Å². The lowest BCUT2D eigenvalue weighted by molar-refractivity contribution is -0.113. The standard InChI is InChI=1S/C18H17FIN7OS/c1-11(12-2-4-13(19)5-3-12)23-24-17-25-26-18(27(17)21)29-10-16(28)22-15-8-6-14(20)7-9-15/h2-9H,10,21H2,1H3,(H,22,28)(H,24,25)/b23-11+. The number of nitrogens with zero attached hydrogens (tertiary/aromatic N) is 4. The van der Waals surface area contributed by atoms with Crippen molar-refractivity contribution in [3.63, 3.8) is 0 Å². The Balaban J connectivity index is 1.56. The molecule has 0 aliphatic heterocycles. The average Bonchev–Trinajstić information content (AvgIpc) is 3.06. The summed E-state index contributed by atoms with van der Waals surface area (Å²) in [6, 6.07) is 13.4. The molecule has 0 atom stereocenters. The number of hydrogen-bond acceptors (Lipinski definition) is 7. The molecule has 0 radical (unpaired) electrons. The lowest BCUT2D eigenvalue weighted by Gasteiger charge is -2.06. The van der Waals surface area contributed by atoms with Gasteiger partial charge in [-0.25, -0.2) is 14.5 Å². The van der Waals surface area contributed by atoms with Crippen molar-refractivity contribution in [2.75, 3.05) is 22.3 Å². The van der Waals surface area contributed by atoms with Gasteiger partial charge in [0, 0.05) is 9.26 Å². The van der Waals surface area contributed by atoms with Gasteiger partial charge in [0.2, 0.25) is 11.1 Å². The number of anilines is 2. The Labute approximate surface area is 184 Å². The number of carbonyl (C=O) groups is 1. The fourth-order valence-electron chi connectivity index (χ4n) is 2.20. The SMILES string of the molecule is C/C(=N\Nc1nnc(SCC(=O)Nc2ccc(I)cc2)n1N)c1ccc(F)cc1. The van der Waals surface area contributed by atoms with Crippen molar-refractivity contribution < 1.29 is 9.18 Å². The predicted octanol–water partition coefficient (Wildman–Crippen LogP) is 3.30. The van der Waals surface area contributed by atoms with Crippen molar-refractivity contribution in [1.82, 2.24) is 14.9 Å². The van der Waals surface area contributed by atoms with Crippen LogP contribution in [0.4, 0.5) is 16.0 Å². The second-order valence-electron chi connectivity index (χ2n) is 5.84. The number of amides is 1. The van der Waals surface area contributed by atoms with Crippen molar-refractivity contribution in [2.24, 2.45) is 5.10 Å². The Morgan fingerprint density at radius 1 is 1.21 bits per heavy atom. The maximum Gasteiger partial charge on any atom is 0.264 e. The summed E-state index contributed by atoms with van der Waals surface area (Å²) >= 11 is 3.35. The van der Waals surface area contributed by atoms with Gasteiger partial charge in [0.05, 0.1) is 11.5 Å². The van der Waals surface area contributed by atoms with Gasteiger partial charge in [-0.1, -0.05) is 23.9 Å². The topological polar surface area (TPSA) is 110 Å². The van der Waals surface area contributed by atoms with Crippen LogP contribution in [0.25, 0.3) is 0 Å². The van der Waals surface area contributed by atoms with Gasteiger partial charge >= 0.3 is 0 Å². The summed E-state index contributed by atoms with van der Waals surface area (Å²) in [6.07, 6.45) is 0. The van der Waals surface area contributed by atoms with Crippen LogP contribution in [0.2, 0.25) is 0 Å². The normalized spacial score (nSPS) is 11.3. The van der Waals surface area contributed by atoms with Crippen molar-refractivity contribution in [3.8, 4) is 0 Å². The lowest BCUT2D eigenvalue weighted by atomic mass is 10.1. The molecule has 1 heterocycles. The Hall–Kier alpha value is -2.67. The quantitative estimate of drug-likeness (QED) is 0.144. The van der Waals surface area contributed by atoms with Crippen LogP contribution in [0.5, 0.6) is 0 Å². The van der Waals surface area contributed by atoms with E-state index in [0.29, 0.717) is 10.9 Å². The maximum atomic E-state index is 13.0. The van der Waals surface area contributed by atoms with E-state index in [2.05, 4.69) is 48.6 Å². The second kappa shape index (κ2) is 9.69. The van der Waals surface area contributed by atoms with Gasteiger partial charge in [0.1, 0.15) is 5.82 Å². The minimum Gasteiger partial charge on any atom is -0.334 e. The summed E-state index contributed by atoms with van der Waals surface area (Å²) in [5.41, 5.74) is 4.82. The van der Waals surface area contributed by atoms with Gasteiger partial charge in [-0.15, -0.1) is 10.2 Å². The second-order valence-corrected chi connectivity index (χ2v) is 8.02. The number of benzene rings is 2. The molecule has 11 heteroatoms. The van der Waals surface area contributed by atoms with Crippen molar-refractivity contribution in [1.29, 1.82) is 0 Å². The first-order valence-corrected chi connectivity index (χ1v) is 10.4. The highest BCUT2D eigenvalue weighted by Gasteiger charge is 2.12. The highest BCUT2D eigenvalue weighted by molar-refractivity contribution is 14.1. The van der Waals surface area contributed by atoms with E-state index in [9.17, 15) is 9.18 Å². The lowest BCUT2D eigenvalue weighted by Crippen LogP contribution is -2.17. The molecule has 0 spiro atoms. The molecule has 0 saturated heterocycles. The number of nitrogen functional groups attached to an aromatic ring is 1. The zero-order valence-electron chi connectivity index (χ0n) is 15.3. The summed E-state index contributed by atoms with van der Waals surface area (Å²) in [5, 5.41) is 15.2. The van der Waals surface area contributed by atoms with E-state index in [0.717, 1.165) is 26.6 Å². The summed E-state index contributed by atoms with van der Waals surface area (Å²) in [4.78, 5) is 12.1. The minimum absolute atomic E-state index is 0.124. The zero-order chi connectivity index (χ0) is 20.8.